The molecular formula is C12H25NO. The fraction of sp³-hybridized carbons (Fsp3) is 0.833. The maximum absolute atomic E-state index is 5.46. The second kappa shape index (κ2) is 8.01. The third-order valence-corrected chi connectivity index (χ3v) is 2.63. The molecule has 0 amide bonds. The van der Waals surface area contributed by atoms with Crippen molar-refractivity contribution in [2.24, 2.45) is 0 Å². The van der Waals surface area contributed by atoms with E-state index in [9.17, 15) is 0 Å². The predicted molar refractivity (Wildman–Crippen MR) is 62.6 cm³/mol. The van der Waals surface area contributed by atoms with Gasteiger partial charge >= 0.3 is 0 Å². The van der Waals surface area contributed by atoms with E-state index in [0.717, 1.165) is 25.8 Å². The van der Waals surface area contributed by atoms with Crippen LogP contribution in [0.2, 0.25) is 0 Å². The van der Waals surface area contributed by atoms with Crippen molar-refractivity contribution in [3.63, 3.8) is 0 Å². The van der Waals surface area contributed by atoms with Crippen molar-refractivity contribution in [1.29, 1.82) is 0 Å². The topological polar surface area (TPSA) is 21.3 Å². The van der Waals surface area contributed by atoms with Crippen LogP contribution in [0.4, 0.5) is 0 Å². The van der Waals surface area contributed by atoms with Gasteiger partial charge in [-0.05, 0) is 25.8 Å². The van der Waals surface area contributed by atoms with Crippen LogP contribution in [0, 0.1) is 0 Å². The number of nitrogens with one attached hydrogen (secondary N) is 1. The molecule has 2 atom stereocenters. The lowest BCUT2D eigenvalue weighted by Crippen LogP contribution is -2.40. The summed E-state index contributed by atoms with van der Waals surface area (Å²) in [7, 11) is 1.78. The van der Waals surface area contributed by atoms with Crippen LogP contribution in [0.3, 0.4) is 0 Å². The second-order valence-corrected chi connectivity index (χ2v) is 3.65. The average Bonchev–Trinajstić information content (AvgIpc) is 2.19. The zero-order chi connectivity index (χ0) is 11.0. The first-order valence-electron chi connectivity index (χ1n) is 5.62. The lowest BCUT2D eigenvalue weighted by Gasteiger charge is -2.26. The third kappa shape index (κ3) is 4.77. The van der Waals surface area contributed by atoms with Crippen molar-refractivity contribution < 1.29 is 4.74 Å². The number of likely N-dealkylation sites (N-methyl/N-ethyl adjacent to an activating group) is 1. The first kappa shape index (κ1) is 13.7. The summed E-state index contributed by atoms with van der Waals surface area (Å²) in [5.74, 6) is 0. The summed E-state index contributed by atoms with van der Waals surface area (Å²) in [4.78, 5) is 0. The van der Waals surface area contributed by atoms with Crippen LogP contribution in [0.1, 0.15) is 40.0 Å². The van der Waals surface area contributed by atoms with E-state index in [2.05, 4.69) is 32.7 Å². The lowest BCUT2D eigenvalue weighted by atomic mass is 9.99. The summed E-state index contributed by atoms with van der Waals surface area (Å²) in [6, 6.07) is 0.419. The van der Waals surface area contributed by atoms with Crippen molar-refractivity contribution in [3.05, 3.63) is 12.2 Å². The van der Waals surface area contributed by atoms with Crippen LogP contribution in [-0.4, -0.2) is 25.8 Å². The predicted octanol–water partition coefficient (Wildman–Crippen LogP) is 2.75. The Labute approximate surface area is 88.7 Å². The second-order valence-electron chi connectivity index (χ2n) is 3.65. The molecule has 0 aliphatic rings. The number of hydrogen-bond acceptors (Lipinski definition) is 2. The van der Waals surface area contributed by atoms with E-state index in [4.69, 9.17) is 4.74 Å². The Balaban J connectivity index is 4.17. The Morgan fingerprint density at radius 2 is 2.00 bits per heavy atom. The van der Waals surface area contributed by atoms with Crippen molar-refractivity contribution in [1.82, 2.24) is 5.32 Å². The minimum absolute atomic E-state index is 0.304. The largest absolute Gasteiger partial charge is 0.380 e. The van der Waals surface area contributed by atoms with Gasteiger partial charge in [-0.15, -0.1) is 0 Å². The molecule has 0 spiro atoms. The summed E-state index contributed by atoms with van der Waals surface area (Å²) in [6.07, 6.45) is 3.43. The van der Waals surface area contributed by atoms with Gasteiger partial charge in [0.2, 0.25) is 0 Å². The van der Waals surface area contributed by atoms with Crippen LogP contribution < -0.4 is 5.32 Å². The molecule has 0 bridgehead atoms. The van der Waals surface area contributed by atoms with E-state index in [1.807, 2.05) is 0 Å². The molecule has 0 rings (SSSR count). The van der Waals surface area contributed by atoms with E-state index < -0.39 is 0 Å². The van der Waals surface area contributed by atoms with Crippen LogP contribution >= 0.6 is 0 Å². The van der Waals surface area contributed by atoms with Crippen molar-refractivity contribution in [2.75, 3.05) is 13.7 Å². The summed E-state index contributed by atoms with van der Waals surface area (Å²) >= 11 is 0. The first-order valence-corrected chi connectivity index (χ1v) is 5.62. The Bertz CT molecular complexity index is 152. The fourth-order valence-corrected chi connectivity index (χ4v) is 1.67. The molecule has 2 heteroatoms. The SMILES string of the molecule is C=C(CC)CC(NCC)C(CC)OC. The highest BCUT2D eigenvalue weighted by molar-refractivity contribution is 4.98. The molecule has 0 aromatic rings. The standard InChI is InChI=1S/C12H25NO/c1-6-10(4)9-11(13-8-3)12(7-2)14-5/h11-13H,4,6-9H2,1-3,5H3. The summed E-state index contributed by atoms with van der Waals surface area (Å²) in [5.41, 5.74) is 1.30. The zero-order valence-corrected chi connectivity index (χ0v) is 10.1. The van der Waals surface area contributed by atoms with Gasteiger partial charge in [0, 0.05) is 13.2 Å². The number of methoxy groups -OCH3 is 1. The number of ether oxygens (including phenoxy) is 1. The minimum atomic E-state index is 0.304. The molecule has 2 unspecified atom stereocenters. The highest BCUT2D eigenvalue weighted by Gasteiger charge is 2.18. The monoisotopic (exact) mass is 199 g/mol. The van der Waals surface area contributed by atoms with E-state index in [0.29, 0.717) is 12.1 Å². The zero-order valence-electron chi connectivity index (χ0n) is 10.1. The highest BCUT2D eigenvalue weighted by atomic mass is 16.5. The van der Waals surface area contributed by atoms with E-state index in [1.54, 1.807) is 7.11 Å². The molecule has 0 heterocycles. The fourth-order valence-electron chi connectivity index (χ4n) is 1.67. The molecular weight excluding hydrogens is 174 g/mol. The maximum Gasteiger partial charge on any atom is 0.0724 e. The Kier molecular flexibility index (Phi) is 7.81. The van der Waals surface area contributed by atoms with E-state index in [1.165, 1.54) is 5.57 Å². The molecule has 2 nitrogen and oxygen atoms in total. The summed E-state index contributed by atoms with van der Waals surface area (Å²) in [5, 5.41) is 3.46. The Morgan fingerprint density at radius 3 is 2.36 bits per heavy atom. The molecule has 84 valence electrons. The normalized spacial score (nSPS) is 15.1. The Hall–Kier alpha value is -0.340. The number of hydrogen-bond donors (Lipinski definition) is 1. The average molecular weight is 199 g/mol. The van der Waals surface area contributed by atoms with Gasteiger partial charge in [-0.3, -0.25) is 0 Å². The third-order valence-electron chi connectivity index (χ3n) is 2.63. The molecule has 0 radical (unpaired) electrons. The smallest absolute Gasteiger partial charge is 0.0724 e. The maximum atomic E-state index is 5.46. The molecule has 0 fully saturated rings. The van der Waals surface area contributed by atoms with Crippen molar-refractivity contribution >= 4 is 0 Å². The molecule has 0 aliphatic carbocycles. The van der Waals surface area contributed by atoms with Gasteiger partial charge in [-0.25, -0.2) is 0 Å². The number of rotatable bonds is 8. The molecule has 0 aromatic carbocycles. The van der Waals surface area contributed by atoms with Gasteiger partial charge < -0.3 is 10.1 Å². The van der Waals surface area contributed by atoms with Crippen molar-refractivity contribution in [3.8, 4) is 0 Å². The lowest BCUT2D eigenvalue weighted by molar-refractivity contribution is 0.0657. The van der Waals surface area contributed by atoms with Crippen LogP contribution in [0.5, 0.6) is 0 Å². The van der Waals surface area contributed by atoms with Crippen LogP contribution in [0.25, 0.3) is 0 Å². The van der Waals surface area contributed by atoms with Crippen molar-refractivity contribution in [2.45, 2.75) is 52.2 Å². The van der Waals surface area contributed by atoms with Gasteiger partial charge in [-0.1, -0.05) is 32.9 Å². The molecule has 0 aromatic heterocycles. The molecule has 14 heavy (non-hydrogen) atoms. The molecule has 1 N–H and O–H groups in total. The van der Waals surface area contributed by atoms with Gasteiger partial charge in [-0.2, -0.15) is 0 Å². The van der Waals surface area contributed by atoms with E-state index >= 15 is 0 Å². The van der Waals surface area contributed by atoms with Crippen LogP contribution in [-0.2, 0) is 4.74 Å². The van der Waals surface area contributed by atoms with Crippen LogP contribution in [0.15, 0.2) is 12.2 Å². The summed E-state index contributed by atoms with van der Waals surface area (Å²) < 4.78 is 5.46. The van der Waals surface area contributed by atoms with Gasteiger partial charge in [0.1, 0.15) is 0 Å². The van der Waals surface area contributed by atoms with E-state index in [-0.39, 0.29) is 0 Å². The van der Waals surface area contributed by atoms with Gasteiger partial charge in [0.25, 0.3) is 0 Å². The first-order chi connectivity index (χ1) is 6.69. The Morgan fingerprint density at radius 1 is 1.36 bits per heavy atom. The highest BCUT2D eigenvalue weighted by Crippen LogP contribution is 2.13. The molecule has 0 saturated carbocycles. The quantitative estimate of drug-likeness (QED) is 0.607. The van der Waals surface area contributed by atoms with Gasteiger partial charge in [0.15, 0.2) is 0 Å². The summed E-state index contributed by atoms with van der Waals surface area (Å²) in [6.45, 7) is 11.5. The molecule has 0 saturated heterocycles. The minimum Gasteiger partial charge on any atom is -0.380 e. The van der Waals surface area contributed by atoms with Gasteiger partial charge in [0.05, 0.1) is 6.10 Å². The molecule has 0 aliphatic heterocycles.